The average molecular weight is 228 g/mol. The average Bonchev–Trinajstić information content (AvgIpc) is 2.12. The van der Waals surface area contributed by atoms with Gasteiger partial charge in [-0.15, -0.1) is 0 Å². The SMILES string of the molecule is OC1C(O)C(O)(O)C(O)(O)C(O)(O)C1O. The lowest BCUT2D eigenvalue weighted by atomic mass is 9.77. The minimum Gasteiger partial charge on any atom is -0.387 e. The van der Waals surface area contributed by atoms with Crippen LogP contribution in [0.4, 0.5) is 0 Å². The summed E-state index contributed by atoms with van der Waals surface area (Å²) in [5.74, 6) is -11.7. The molecule has 0 amide bonds. The van der Waals surface area contributed by atoms with Crippen LogP contribution in [0, 0.1) is 0 Å². The molecule has 90 valence electrons. The molecule has 0 spiro atoms. The number of hydrogen-bond acceptors (Lipinski definition) is 9. The van der Waals surface area contributed by atoms with Gasteiger partial charge < -0.3 is 46.0 Å². The van der Waals surface area contributed by atoms with Gasteiger partial charge in [0.2, 0.25) is 0 Å². The molecule has 1 aliphatic carbocycles. The van der Waals surface area contributed by atoms with Crippen LogP contribution >= 0.6 is 0 Å². The molecule has 0 saturated heterocycles. The van der Waals surface area contributed by atoms with Crippen molar-refractivity contribution in [2.45, 2.75) is 35.7 Å². The lowest BCUT2D eigenvalue weighted by molar-refractivity contribution is -0.508. The maximum atomic E-state index is 9.01. The lowest BCUT2D eigenvalue weighted by Crippen LogP contribution is -2.83. The Morgan fingerprint density at radius 1 is 0.600 bits per heavy atom. The second kappa shape index (κ2) is 3.07. The van der Waals surface area contributed by atoms with Crippen LogP contribution in [0.25, 0.3) is 0 Å². The first-order valence-electron chi connectivity index (χ1n) is 3.86. The van der Waals surface area contributed by atoms with E-state index in [-0.39, 0.29) is 0 Å². The maximum absolute atomic E-state index is 9.01. The highest BCUT2D eigenvalue weighted by atomic mass is 16.7. The summed E-state index contributed by atoms with van der Waals surface area (Å²) in [5.41, 5.74) is 0. The van der Waals surface area contributed by atoms with Crippen molar-refractivity contribution in [3.63, 3.8) is 0 Å². The molecule has 0 aromatic rings. The highest BCUT2D eigenvalue weighted by molar-refractivity contribution is 5.10. The van der Waals surface area contributed by atoms with Crippen LogP contribution < -0.4 is 0 Å². The van der Waals surface area contributed by atoms with Gasteiger partial charge in [0.25, 0.3) is 17.4 Å². The molecule has 2 unspecified atom stereocenters. The van der Waals surface area contributed by atoms with E-state index in [1.807, 2.05) is 0 Å². The zero-order valence-corrected chi connectivity index (χ0v) is 7.26. The largest absolute Gasteiger partial charge is 0.387 e. The molecule has 0 aliphatic heterocycles. The molecule has 1 fully saturated rings. The van der Waals surface area contributed by atoms with Crippen molar-refractivity contribution in [2.24, 2.45) is 0 Å². The Morgan fingerprint density at radius 3 is 1.13 bits per heavy atom. The molecule has 9 heteroatoms. The number of aliphatic hydroxyl groups is 9. The van der Waals surface area contributed by atoms with Crippen molar-refractivity contribution < 1.29 is 46.0 Å². The van der Waals surface area contributed by atoms with E-state index in [0.29, 0.717) is 0 Å². The van der Waals surface area contributed by atoms with Crippen LogP contribution in [0.15, 0.2) is 0 Å². The van der Waals surface area contributed by atoms with Crippen molar-refractivity contribution in [1.82, 2.24) is 0 Å². The van der Waals surface area contributed by atoms with Gasteiger partial charge in [0.05, 0.1) is 0 Å². The molecule has 1 aliphatic rings. The molecule has 9 nitrogen and oxygen atoms in total. The Balaban J connectivity index is 3.27. The number of rotatable bonds is 0. The summed E-state index contributed by atoms with van der Waals surface area (Å²) in [6.07, 6.45) is -7.59. The van der Waals surface area contributed by atoms with E-state index < -0.39 is 35.7 Å². The lowest BCUT2D eigenvalue weighted by Gasteiger charge is -2.52. The minimum atomic E-state index is -4.04. The molecular weight excluding hydrogens is 216 g/mol. The third-order valence-corrected chi connectivity index (χ3v) is 2.50. The minimum absolute atomic E-state index is 2.39. The second-order valence-electron chi connectivity index (χ2n) is 3.50. The zero-order valence-electron chi connectivity index (χ0n) is 7.26. The third-order valence-electron chi connectivity index (χ3n) is 2.50. The van der Waals surface area contributed by atoms with Crippen molar-refractivity contribution >= 4 is 0 Å². The first-order chi connectivity index (χ1) is 6.48. The molecule has 9 N–H and O–H groups in total. The van der Waals surface area contributed by atoms with E-state index in [9.17, 15) is 0 Å². The van der Waals surface area contributed by atoms with Crippen molar-refractivity contribution in [2.75, 3.05) is 0 Å². The van der Waals surface area contributed by atoms with Gasteiger partial charge in [0, 0.05) is 0 Å². The first-order valence-corrected chi connectivity index (χ1v) is 3.86. The zero-order chi connectivity index (χ0) is 12.2. The van der Waals surface area contributed by atoms with Gasteiger partial charge >= 0.3 is 0 Å². The van der Waals surface area contributed by atoms with Crippen LogP contribution in [0.5, 0.6) is 0 Å². The van der Waals surface area contributed by atoms with Crippen molar-refractivity contribution in [3.8, 4) is 0 Å². The Morgan fingerprint density at radius 2 is 0.867 bits per heavy atom. The molecule has 15 heavy (non-hydrogen) atoms. The van der Waals surface area contributed by atoms with E-state index >= 15 is 0 Å². The summed E-state index contributed by atoms with van der Waals surface area (Å²) in [6.45, 7) is 0. The van der Waals surface area contributed by atoms with E-state index in [0.717, 1.165) is 0 Å². The molecule has 2 atom stereocenters. The van der Waals surface area contributed by atoms with Gasteiger partial charge in [-0.2, -0.15) is 0 Å². The Hall–Kier alpha value is -0.360. The van der Waals surface area contributed by atoms with Crippen molar-refractivity contribution in [3.05, 3.63) is 0 Å². The van der Waals surface area contributed by atoms with E-state index in [4.69, 9.17) is 46.0 Å². The summed E-state index contributed by atoms with van der Waals surface area (Å²) >= 11 is 0. The van der Waals surface area contributed by atoms with Crippen molar-refractivity contribution in [1.29, 1.82) is 0 Å². The topological polar surface area (TPSA) is 182 Å². The molecule has 1 rings (SSSR count). The Kier molecular flexibility index (Phi) is 2.60. The summed E-state index contributed by atoms with van der Waals surface area (Å²) in [7, 11) is 0. The predicted octanol–water partition coefficient (Wildman–Crippen LogP) is -5.87. The van der Waals surface area contributed by atoms with Gasteiger partial charge in [-0.1, -0.05) is 0 Å². The molecule has 0 radical (unpaired) electrons. The standard InChI is InChI=1S/C6H12O9/c7-1-2(8)4(10,11)6(14,15)5(12,13)3(1)9/h1-3,7-15H. The Bertz CT molecular complexity index is 235. The normalized spacial score (nSPS) is 42.6. The summed E-state index contributed by atoms with van der Waals surface area (Å²) in [6, 6.07) is 0. The number of aliphatic hydroxyl groups excluding tert-OH is 3. The van der Waals surface area contributed by atoms with Crippen LogP contribution in [-0.4, -0.2) is 81.6 Å². The van der Waals surface area contributed by atoms with Crippen LogP contribution in [0.3, 0.4) is 0 Å². The number of hydrogen-bond donors (Lipinski definition) is 9. The molecule has 1 saturated carbocycles. The fraction of sp³-hybridized carbons (Fsp3) is 1.00. The molecule has 0 bridgehead atoms. The summed E-state index contributed by atoms with van der Waals surface area (Å²) in [4.78, 5) is 0. The van der Waals surface area contributed by atoms with Crippen LogP contribution in [-0.2, 0) is 0 Å². The fourth-order valence-corrected chi connectivity index (χ4v) is 1.33. The highest BCUT2D eigenvalue weighted by Crippen LogP contribution is 2.39. The quantitative estimate of drug-likeness (QED) is 0.182. The Labute approximate surface area is 82.7 Å². The van der Waals surface area contributed by atoms with Crippen LogP contribution in [0.1, 0.15) is 0 Å². The maximum Gasteiger partial charge on any atom is 0.279 e. The molecular formula is C6H12O9. The van der Waals surface area contributed by atoms with E-state index in [1.165, 1.54) is 0 Å². The van der Waals surface area contributed by atoms with E-state index in [2.05, 4.69) is 0 Å². The first kappa shape index (κ1) is 12.7. The second-order valence-corrected chi connectivity index (χ2v) is 3.50. The predicted molar refractivity (Wildman–Crippen MR) is 39.5 cm³/mol. The van der Waals surface area contributed by atoms with Gasteiger partial charge in [-0.3, -0.25) is 0 Å². The van der Waals surface area contributed by atoms with E-state index in [1.54, 1.807) is 0 Å². The molecule has 0 heterocycles. The summed E-state index contributed by atoms with van der Waals surface area (Å²) < 4.78 is 0. The molecule has 0 aromatic carbocycles. The molecule has 0 aromatic heterocycles. The fourth-order valence-electron chi connectivity index (χ4n) is 1.33. The summed E-state index contributed by atoms with van der Waals surface area (Å²) in [5, 5.41) is 81.0. The van der Waals surface area contributed by atoms with Gasteiger partial charge in [-0.25, -0.2) is 0 Å². The monoisotopic (exact) mass is 228 g/mol. The third kappa shape index (κ3) is 1.30. The van der Waals surface area contributed by atoms with Gasteiger partial charge in [0.1, 0.15) is 18.3 Å². The van der Waals surface area contributed by atoms with Gasteiger partial charge in [-0.05, 0) is 0 Å². The van der Waals surface area contributed by atoms with Gasteiger partial charge in [0.15, 0.2) is 0 Å². The van der Waals surface area contributed by atoms with Crippen LogP contribution in [0.2, 0.25) is 0 Å². The highest BCUT2D eigenvalue weighted by Gasteiger charge is 2.74. The smallest absolute Gasteiger partial charge is 0.279 e.